The number of phenols is 1. The smallest absolute Gasteiger partial charge is 0.259 e. The van der Waals surface area contributed by atoms with Crippen LogP contribution in [-0.2, 0) is 0 Å². The zero-order chi connectivity index (χ0) is 15.5. The van der Waals surface area contributed by atoms with Crippen LogP contribution in [0.15, 0.2) is 53.7 Å². The number of anilines is 1. The van der Waals surface area contributed by atoms with E-state index in [1.54, 1.807) is 42.5 Å². The number of aromatic nitrogens is 4. The van der Waals surface area contributed by atoms with E-state index in [0.29, 0.717) is 16.5 Å². The summed E-state index contributed by atoms with van der Waals surface area (Å²) in [5.41, 5.74) is 1.41. The predicted molar refractivity (Wildman–Crippen MR) is 82.5 cm³/mol. The number of carbonyl (C=O) groups excluding carboxylic acids is 1. The fourth-order valence-corrected chi connectivity index (χ4v) is 2.12. The van der Waals surface area contributed by atoms with Crippen LogP contribution in [0, 0.1) is 0 Å². The summed E-state index contributed by atoms with van der Waals surface area (Å²) in [5, 5.41) is 23.8. The highest BCUT2D eigenvalue weighted by Gasteiger charge is 2.11. The van der Waals surface area contributed by atoms with Gasteiger partial charge < -0.3 is 10.4 Å². The van der Waals surface area contributed by atoms with Crippen LogP contribution in [0.4, 0.5) is 5.69 Å². The first-order valence-electron chi connectivity index (χ1n) is 6.32. The lowest BCUT2D eigenvalue weighted by Crippen LogP contribution is -2.12. The molecule has 2 N–H and O–H groups in total. The topological polar surface area (TPSA) is 92.9 Å². The molecule has 0 unspecified atom stereocenters. The first kappa shape index (κ1) is 14.1. The minimum Gasteiger partial charge on any atom is -0.507 e. The summed E-state index contributed by atoms with van der Waals surface area (Å²) in [5.74, 6) is -0.479. The quantitative estimate of drug-likeness (QED) is 0.642. The number of amides is 1. The summed E-state index contributed by atoms with van der Waals surface area (Å²) in [4.78, 5) is 12.2. The van der Waals surface area contributed by atoms with Crippen molar-refractivity contribution in [2.24, 2.45) is 0 Å². The molecule has 0 atom stereocenters. The number of benzene rings is 2. The Hall–Kier alpha value is -2.87. The van der Waals surface area contributed by atoms with Gasteiger partial charge in [0.15, 0.2) is 0 Å². The minimum atomic E-state index is -0.405. The number of carbonyl (C=O) groups is 1. The predicted octanol–water partition coefficient (Wildman–Crippen LogP) is 1.91. The highest BCUT2D eigenvalue weighted by molar-refractivity contribution is 7.80. The molecule has 0 aliphatic rings. The average Bonchev–Trinajstić information content (AvgIpc) is 2.94. The maximum Gasteiger partial charge on any atom is 0.259 e. The second-order valence-electron chi connectivity index (χ2n) is 4.41. The van der Waals surface area contributed by atoms with Gasteiger partial charge >= 0.3 is 0 Å². The normalized spacial score (nSPS) is 10.4. The molecule has 0 aliphatic heterocycles. The van der Waals surface area contributed by atoms with Crippen LogP contribution >= 0.6 is 12.6 Å². The van der Waals surface area contributed by atoms with E-state index in [2.05, 4.69) is 33.5 Å². The van der Waals surface area contributed by atoms with Crippen LogP contribution in [0.25, 0.3) is 5.69 Å². The Kier molecular flexibility index (Phi) is 3.75. The molecule has 3 aromatic rings. The maximum atomic E-state index is 12.2. The zero-order valence-electron chi connectivity index (χ0n) is 11.2. The molecule has 22 heavy (non-hydrogen) atoms. The number of para-hydroxylation sites is 1. The number of nitrogens with zero attached hydrogens (tertiary/aromatic N) is 4. The Bertz CT molecular complexity index is 833. The molecule has 0 spiro atoms. The minimum absolute atomic E-state index is 0.0747. The molecule has 0 aliphatic carbocycles. The van der Waals surface area contributed by atoms with E-state index in [1.807, 2.05) is 0 Å². The van der Waals surface area contributed by atoms with Gasteiger partial charge in [-0.3, -0.25) is 4.79 Å². The lowest BCUT2D eigenvalue weighted by molar-refractivity contribution is 0.102. The van der Waals surface area contributed by atoms with Crippen LogP contribution < -0.4 is 5.32 Å². The van der Waals surface area contributed by atoms with Gasteiger partial charge in [0.2, 0.25) is 5.16 Å². The van der Waals surface area contributed by atoms with Crippen LogP contribution in [-0.4, -0.2) is 31.2 Å². The van der Waals surface area contributed by atoms with Gasteiger partial charge in [0.05, 0.1) is 11.3 Å². The Morgan fingerprint density at radius 3 is 2.73 bits per heavy atom. The Morgan fingerprint density at radius 1 is 1.18 bits per heavy atom. The third kappa shape index (κ3) is 2.77. The van der Waals surface area contributed by atoms with Crippen LogP contribution in [0.1, 0.15) is 10.4 Å². The number of tetrazole rings is 1. The van der Waals surface area contributed by atoms with Crippen LogP contribution in [0.2, 0.25) is 0 Å². The molecule has 1 amide bonds. The summed E-state index contributed by atoms with van der Waals surface area (Å²) in [6.07, 6.45) is 0. The van der Waals surface area contributed by atoms with Crippen molar-refractivity contribution in [3.63, 3.8) is 0 Å². The van der Waals surface area contributed by atoms with Crippen molar-refractivity contribution >= 4 is 24.2 Å². The lowest BCUT2D eigenvalue weighted by Gasteiger charge is -2.08. The van der Waals surface area contributed by atoms with Crippen molar-refractivity contribution in [3.05, 3.63) is 54.1 Å². The van der Waals surface area contributed by atoms with Gasteiger partial charge in [0.1, 0.15) is 5.75 Å². The van der Waals surface area contributed by atoms with Crippen molar-refractivity contribution in [3.8, 4) is 11.4 Å². The molecule has 1 aromatic heterocycles. The van der Waals surface area contributed by atoms with E-state index in [9.17, 15) is 9.90 Å². The van der Waals surface area contributed by atoms with Gasteiger partial charge in [-0.25, -0.2) is 0 Å². The van der Waals surface area contributed by atoms with Gasteiger partial charge in [-0.05, 0) is 40.8 Å². The van der Waals surface area contributed by atoms with Crippen LogP contribution in [0.3, 0.4) is 0 Å². The molecule has 110 valence electrons. The fraction of sp³-hybridized carbons (Fsp3) is 0. The van der Waals surface area contributed by atoms with Gasteiger partial charge in [0.25, 0.3) is 5.91 Å². The Balaban J connectivity index is 1.86. The first-order chi connectivity index (χ1) is 10.6. The average molecular weight is 313 g/mol. The summed E-state index contributed by atoms with van der Waals surface area (Å²) in [7, 11) is 0. The van der Waals surface area contributed by atoms with E-state index >= 15 is 0 Å². The third-order valence-electron chi connectivity index (χ3n) is 2.95. The van der Waals surface area contributed by atoms with E-state index in [4.69, 9.17) is 0 Å². The van der Waals surface area contributed by atoms with Crippen molar-refractivity contribution in [2.75, 3.05) is 5.32 Å². The molecule has 0 saturated heterocycles. The van der Waals surface area contributed by atoms with Gasteiger partial charge in [0, 0.05) is 5.69 Å². The number of aromatic hydroxyl groups is 1. The lowest BCUT2D eigenvalue weighted by atomic mass is 10.2. The second kappa shape index (κ2) is 5.86. The number of rotatable bonds is 3. The van der Waals surface area contributed by atoms with E-state index in [0.717, 1.165) is 0 Å². The molecule has 0 radical (unpaired) electrons. The van der Waals surface area contributed by atoms with E-state index in [-0.39, 0.29) is 11.3 Å². The molecule has 0 saturated carbocycles. The summed E-state index contributed by atoms with van der Waals surface area (Å²) in [6.45, 7) is 0. The van der Waals surface area contributed by atoms with Gasteiger partial charge in [-0.1, -0.05) is 18.2 Å². The van der Waals surface area contributed by atoms with E-state index < -0.39 is 5.91 Å². The number of phenolic OH excluding ortho intramolecular Hbond substituents is 1. The zero-order valence-corrected chi connectivity index (χ0v) is 12.1. The Morgan fingerprint density at radius 2 is 2.00 bits per heavy atom. The highest BCUT2D eigenvalue weighted by Crippen LogP contribution is 2.20. The van der Waals surface area contributed by atoms with Crippen molar-refractivity contribution in [1.29, 1.82) is 0 Å². The van der Waals surface area contributed by atoms with Gasteiger partial charge in [-0.15, -0.1) is 17.7 Å². The fourth-order valence-electron chi connectivity index (χ4n) is 1.93. The molecule has 7 nitrogen and oxygen atoms in total. The van der Waals surface area contributed by atoms with E-state index in [1.165, 1.54) is 10.7 Å². The summed E-state index contributed by atoms with van der Waals surface area (Å²) < 4.78 is 1.43. The largest absolute Gasteiger partial charge is 0.507 e. The number of hydrogen-bond donors (Lipinski definition) is 3. The summed E-state index contributed by atoms with van der Waals surface area (Å²) >= 11 is 4.14. The summed E-state index contributed by atoms with van der Waals surface area (Å²) in [6, 6.07) is 13.3. The van der Waals surface area contributed by atoms with Crippen molar-refractivity contribution < 1.29 is 9.90 Å². The number of hydrogen-bond acceptors (Lipinski definition) is 6. The molecule has 8 heteroatoms. The van der Waals surface area contributed by atoms with Crippen molar-refractivity contribution in [2.45, 2.75) is 5.16 Å². The first-order valence-corrected chi connectivity index (χ1v) is 6.77. The molecule has 1 heterocycles. The van der Waals surface area contributed by atoms with Crippen molar-refractivity contribution in [1.82, 2.24) is 20.2 Å². The number of thiol groups is 1. The maximum absolute atomic E-state index is 12.2. The number of nitrogens with one attached hydrogen (secondary N) is 1. The monoisotopic (exact) mass is 313 g/mol. The third-order valence-corrected chi connectivity index (χ3v) is 3.23. The molecule has 0 fully saturated rings. The van der Waals surface area contributed by atoms with Crippen LogP contribution in [0.5, 0.6) is 5.75 Å². The second-order valence-corrected chi connectivity index (χ2v) is 4.81. The Labute approximate surface area is 131 Å². The standard InChI is InChI=1S/C14H11N5O2S/c20-12-7-2-1-6-11(12)13(21)15-9-4-3-5-10(8-9)19-14(22)16-17-18-19/h1-8,20H,(H,15,21)(H,16,18,22). The molecular weight excluding hydrogens is 302 g/mol. The molecular formula is C14H11N5O2S. The SMILES string of the molecule is O=C(Nc1cccc(-n2nnnc2S)c1)c1ccccc1O. The molecule has 3 rings (SSSR count). The highest BCUT2D eigenvalue weighted by atomic mass is 32.1. The molecule has 0 bridgehead atoms. The van der Waals surface area contributed by atoms with Gasteiger partial charge in [-0.2, -0.15) is 4.68 Å². The molecule has 2 aromatic carbocycles.